The predicted molar refractivity (Wildman–Crippen MR) is 70.2 cm³/mol. The Morgan fingerprint density at radius 3 is 3.11 bits per heavy atom. The second-order valence-corrected chi connectivity index (χ2v) is 5.60. The summed E-state index contributed by atoms with van der Waals surface area (Å²) in [6, 6.07) is 0. The number of aliphatic hydroxyl groups excluding tert-OH is 1. The van der Waals surface area contributed by atoms with E-state index >= 15 is 0 Å². The fourth-order valence-electron chi connectivity index (χ4n) is 2.88. The first-order valence-electron chi connectivity index (χ1n) is 6.88. The molecule has 2 unspecified atom stereocenters. The molecule has 19 heavy (non-hydrogen) atoms. The molecule has 0 aliphatic heterocycles. The Hall–Kier alpha value is -1.43. The maximum absolute atomic E-state index is 12.0. The SMILES string of the molecule is CC1CCCC(CO)(NC(=O)CCn2cncn2)C1. The van der Waals surface area contributed by atoms with E-state index in [0.29, 0.717) is 18.9 Å². The van der Waals surface area contributed by atoms with Gasteiger partial charge in [0.25, 0.3) is 0 Å². The van der Waals surface area contributed by atoms with Gasteiger partial charge in [-0.25, -0.2) is 4.98 Å². The Morgan fingerprint density at radius 2 is 2.47 bits per heavy atom. The van der Waals surface area contributed by atoms with Crippen LogP contribution >= 0.6 is 0 Å². The number of carbonyl (C=O) groups excluding carboxylic acids is 1. The third kappa shape index (κ3) is 3.76. The van der Waals surface area contributed by atoms with Crippen molar-refractivity contribution in [2.75, 3.05) is 6.61 Å². The first kappa shape index (κ1) is 14.0. The molecule has 1 aromatic heterocycles. The van der Waals surface area contributed by atoms with Gasteiger partial charge in [0.2, 0.25) is 5.91 Å². The lowest BCUT2D eigenvalue weighted by Gasteiger charge is -2.39. The van der Waals surface area contributed by atoms with Gasteiger partial charge in [-0.15, -0.1) is 0 Å². The summed E-state index contributed by atoms with van der Waals surface area (Å²) in [6.07, 6.45) is 7.37. The first-order valence-corrected chi connectivity index (χ1v) is 6.88. The summed E-state index contributed by atoms with van der Waals surface area (Å²) < 4.78 is 1.63. The molecule has 2 N–H and O–H groups in total. The minimum Gasteiger partial charge on any atom is -0.394 e. The van der Waals surface area contributed by atoms with Crippen LogP contribution in [0.3, 0.4) is 0 Å². The number of amides is 1. The summed E-state index contributed by atoms with van der Waals surface area (Å²) in [6.45, 7) is 2.71. The fourth-order valence-corrected chi connectivity index (χ4v) is 2.88. The van der Waals surface area contributed by atoms with E-state index in [9.17, 15) is 9.90 Å². The molecule has 1 fully saturated rings. The van der Waals surface area contributed by atoms with Crippen molar-refractivity contribution >= 4 is 5.91 Å². The molecule has 6 nitrogen and oxygen atoms in total. The quantitative estimate of drug-likeness (QED) is 0.823. The van der Waals surface area contributed by atoms with E-state index in [1.165, 1.54) is 12.7 Å². The Labute approximate surface area is 113 Å². The largest absolute Gasteiger partial charge is 0.394 e. The van der Waals surface area contributed by atoms with E-state index < -0.39 is 5.54 Å². The van der Waals surface area contributed by atoms with E-state index in [2.05, 4.69) is 22.3 Å². The molecule has 1 heterocycles. The molecule has 0 spiro atoms. The molecule has 106 valence electrons. The molecule has 1 amide bonds. The lowest BCUT2D eigenvalue weighted by Crippen LogP contribution is -2.54. The minimum absolute atomic E-state index is 0.0202. The molecule has 1 aliphatic carbocycles. The average Bonchev–Trinajstić information content (AvgIpc) is 2.89. The fraction of sp³-hybridized carbons (Fsp3) is 0.769. The maximum Gasteiger partial charge on any atom is 0.222 e. The topological polar surface area (TPSA) is 80.0 Å². The third-order valence-corrected chi connectivity index (χ3v) is 3.83. The zero-order valence-corrected chi connectivity index (χ0v) is 11.4. The third-order valence-electron chi connectivity index (χ3n) is 3.83. The van der Waals surface area contributed by atoms with Crippen molar-refractivity contribution in [1.29, 1.82) is 0 Å². The number of carbonyl (C=O) groups is 1. The van der Waals surface area contributed by atoms with Crippen molar-refractivity contribution in [1.82, 2.24) is 20.1 Å². The second kappa shape index (κ2) is 6.14. The molecule has 2 atom stereocenters. The van der Waals surface area contributed by atoms with Gasteiger partial charge < -0.3 is 10.4 Å². The lowest BCUT2D eigenvalue weighted by molar-refractivity contribution is -0.124. The number of aryl methyl sites for hydroxylation is 1. The van der Waals surface area contributed by atoms with Crippen LogP contribution in [0.5, 0.6) is 0 Å². The van der Waals surface area contributed by atoms with Crippen LogP contribution < -0.4 is 5.32 Å². The van der Waals surface area contributed by atoms with Crippen molar-refractivity contribution in [3.05, 3.63) is 12.7 Å². The van der Waals surface area contributed by atoms with Crippen LogP contribution in [-0.4, -0.2) is 37.9 Å². The highest BCUT2D eigenvalue weighted by Gasteiger charge is 2.35. The Morgan fingerprint density at radius 1 is 1.63 bits per heavy atom. The van der Waals surface area contributed by atoms with Crippen LogP contribution in [0, 0.1) is 5.92 Å². The first-order chi connectivity index (χ1) is 9.13. The number of aromatic nitrogens is 3. The number of aliphatic hydroxyl groups is 1. The maximum atomic E-state index is 12.0. The van der Waals surface area contributed by atoms with Crippen molar-refractivity contribution in [2.45, 2.75) is 51.1 Å². The van der Waals surface area contributed by atoms with Crippen molar-refractivity contribution < 1.29 is 9.90 Å². The van der Waals surface area contributed by atoms with E-state index in [0.717, 1.165) is 19.3 Å². The Kier molecular flexibility index (Phi) is 4.52. The highest BCUT2D eigenvalue weighted by molar-refractivity contribution is 5.76. The van der Waals surface area contributed by atoms with Crippen LogP contribution in [0.1, 0.15) is 39.0 Å². The molecule has 0 radical (unpaired) electrons. The van der Waals surface area contributed by atoms with Gasteiger partial charge in [-0.3, -0.25) is 9.48 Å². The smallest absolute Gasteiger partial charge is 0.222 e. The number of nitrogens with zero attached hydrogens (tertiary/aromatic N) is 3. The molecule has 0 aromatic carbocycles. The molecule has 1 saturated carbocycles. The normalized spacial score (nSPS) is 27.2. The Bertz CT molecular complexity index is 407. The van der Waals surface area contributed by atoms with Gasteiger partial charge in [0.05, 0.1) is 18.7 Å². The predicted octanol–water partition coefficient (Wildman–Crippen LogP) is 0.726. The number of nitrogens with one attached hydrogen (secondary N) is 1. The lowest BCUT2D eigenvalue weighted by atomic mass is 9.77. The van der Waals surface area contributed by atoms with Gasteiger partial charge in [0, 0.05) is 6.42 Å². The van der Waals surface area contributed by atoms with Gasteiger partial charge in [-0.1, -0.05) is 19.8 Å². The summed E-state index contributed by atoms with van der Waals surface area (Å²) in [5.74, 6) is 0.523. The summed E-state index contributed by atoms with van der Waals surface area (Å²) in [7, 11) is 0. The number of hydrogen-bond acceptors (Lipinski definition) is 4. The molecular weight excluding hydrogens is 244 g/mol. The van der Waals surface area contributed by atoms with Crippen LogP contribution in [0.15, 0.2) is 12.7 Å². The van der Waals surface area contributed by atoms with Crippen molar-refractivity contribution in [3.63, 3.8) is 0 Å². The minimum atomic E-state index is -0.420. The second-order valence-electron chi connectivity index (χ2n) is 5.60. The molecule has 2 rings (SSSR count). The van der Waals surface area contributed by atoms with Crippen LogP contribution in [0.25, 0.3) is 0 Å². The molecular formula is C13H22N4O2. The van der Waals surface area contributed by atoms with Crippen molar-refractivity contribution in [3.8, 4) is 0 Å². The monoisotopic (exact) mass is 266 g/mol. The zero-order chi connectivity index (χ0) is 13.7. The van der Waals surface area contributed by atoms with Gasteiger partial charge in [0.15, 0.2) is 0 Å². The van der Waals surface area contributed by atoms with E-state index in [1.807, 2.05) is 0 Å². The zero-order valence-electron chi connectivity index (χ0n) is 11.4. The van der Waals surface area contributed by atoms with E-state index in [-0.39, 0.29) is 12.5 Å². The van der Waals surface area contributed by atoms with Crippen molar-refractivity contribution in [2.24, 2.45) is 5.92 Å². The van der Waals surface area contributed by atoms with Gasteiger partial charge in [-0.2, -0.15) is 5.10 Å². The molecule has 1 aliphatic rings. The molecule has 0 saturated heterocycles. The highest BCUT2D eigenvalue weighted by Crippen LogP contribution is 2.31. The molecule has 6 heteroatoms. The average molecular weight is 266 g/mol. The van der Waals surface area contributed by atoms with Crippen LogP contribution in [0.2, 0.25) is 0 Å². The number of hydrogen-bond donors (Lipinski definition) is 2. The van der Waals surface area contributed by atoms with E-state index in [1.54, 1.807) is 11.0 Å². The summed E-state index contributed by atoms with van der Waals surface area (Å²) >= 11 is 0. The Balaban J connectivity index is 1.85. The van der Waals surface area contributed by atoms with Gasteiger partial charge in [0.1, 0.15) is 12.7 Å². The summed E-state index contributed by atoms with van der Waals surface area (Å²) in [4.78, 5) is 15.8. The van der Waals surface area contributed by atoms with E-state index in [4.69, 9.17) is 0 Å². The summed E-state index contributed by atoms with van der Waals surface area (Å²) in [5, 5.41) is 16.6. The number of rotatable bonds is 5. The molecule has 0 bridgehead atoms. The van der Waals surface area contributed by atoms with Gasteiger partial charge in [-0.05, 0) is 18.8 Å². The molecule has 1 aromatic rings. The van der Waals surface area contributed by atoms with Crippen LogP contribution in [0.4, 0.5) is 0 Å². The van der Waals surface area contributed by atoms with Crippen LogP contribution in [-0.2, 0) is 11.3 Å². The van der Waals surface area contributed by atoms with Gasteiger partial charge >= 0.3 is 0 Å². The summed E-state index contributed by atoms with van der Waals surface area (Å²) in [5.41, 5.74) is -0.420. The standard InChI is InChI=1S/C13H22N4O2/c1-11-3-2-5-13(7-11,8-18)16-12(19)4-6-17-10-14-9-15-17/h9-11,18H,2-8H2,1H3,(H,16,19). The highest BCUT2D eigenvalue weighted by atomic mass is 16.3.